The zero-order valence-corrected chi connectivity index (χ0v) is 13.1. The van der Waals surface area contributed by atoms with Gasteiger partial charge in [-0.05, 0) is 67.3 Å². The molecule has 2 rings (SSSR count). The summed E-state index contributed by atoms with van der Waals surface area (Å²) in [7, 11) is 4.32. The Morgan fingerprint density at radius 1 is 1.39 bits per heavy atom. The summed E-state index contributed by atoms with van der Waals surface area (Å²) in [6.07, 6.45) is 4.44. The molecule has 0 saturated carbocycles. The average Bonchev–Trinajstić information content (AvgIpc) is 2.30. The number of halogens is 1. The average molecular weight is 312 g/mol. The van der Waals surface area contributed by atoms with Crippen LogP contribution in [0.2, 0.25) is 0 Å². The van der Waals surface area contributed by atoms with Crippen LogP contribution in [0.4, 0.5) is 5.82 Å². The highest BCUT2D eigenvalue weighted by atomic mass is 79.9. The molecule has 1 fully saturated rings. The number of hydrogen-bond acceptors (Lipinski definition) is 3. The van der Waals surface area contributed by atoms with Crippen molar-refractivity contribution in [1.29, 1.82) is 0 Å². The van der Waals surface area contributed by atoms with E-state index in [1.54, 1.807) is 0 Å². The predicted octanol–water partition coefficient (Wildman–Crippen LogP) is 2.93. The Balaban J connectivity index is 1.97. The summed E-state index contributed by atoms with van der Waals surface area (Å²) < 4.78 is 1.06. The van der Waals surface area contributed by atoms with Crippen molar-refractivity contribution in [2.75, 3.05) is 38.6 Å². The smallest absolute Gasteiger partial charge is 0.131 e. The minimum absolute atomic E-state index is 0.840. The lowest BCUT2D eigenvalue weighted by atomic mass is 9.96. The van der Waals surface area contributed by atoms with E-state index in [0.29, 0.717) is 0 Å². The van der Waals surface area contributed by atoms with Gasteiger partial charge in [0.25, 0.3) is 0 Å². The van der Waals surface area contributed by atoms with Crippen molar-refractivity contribution in [3.05, 3.63) is 22.3 Å². The number of hydrogen-bond donors (Lipinski definition) is 0. The molecule has 1 aromatic heterocycles. The number of aryl methyl sites for hydroxylation is 1. The Hall–Kier alpha value is -0.610. The number of pyridine rings is 1. The topological polar surface area (TPSA) is 19.4 Å². The fourth-order valence-electron chi connectivity index (χ4n) is 2.71. The molecule has 1 aliphatic heterocycles. The molecule has 4 heteroatoms. The van der Waals surface area contributed by atoms with Crippen molar-refractivity contribution in [2.24, 2.45) is 5.92 Å². The van der Waals surface area contributed by atoms with E-state index in [2.05, 4.69) is 57.8 Å². The Morgan fingerprint density at radius 2 is 2.06 bits per heavy atom. The van der Waals surface area contributed by atoms with Crippen LogP contribution in [0.5, 0.6) is 0 Å². The van der Waals surface area contributed by atoms with Gasteiger partial charge >= 0.3 is 0 Å². The monoisotopic (exact) mass is 311 g/mol. The quantitative estimate of drug-likeness (QED) is 0.855. The lowest BCUT2D eigenvalue weighted by molar-refractivity contribution is 0.284. The zero-order chi connectivity index (χ0) is 13.1. The normalized spacial score (nSPS) is 17.5. The highest BCUT2D eigenvalue weighted by Crippen LogP contribution is 2.26. The van der Waals surface area contributed by atoms with E-state index in [-0.39, 0.29) is 0 Å². The van der Waals surface area contributed by atoms with E-state index in [1.807, 2.05) is 6.20 Å². The van der Waals surface area contributed by atoms with Crippen LogP contribution in [0.3, 0.4) is 0 Å². The number of nitrogens with zero attached hydrogens (tertiary/aromatic N) is 3. The molecular formula is C14H22BrN3. The minimum atomic E-state index is 0.840. The van der Waals surface area contributed by atoms with Crippen molar-refractivity contribution in [3.8, 4) is 0 Å². The largest absolute Gasteiger partial charge is 0.356 e. The van der Waals surface area contributed by atoms with Crippen LogP contribution in [0.25, 0.3) is 0 Å². The van der Waals surface area contributed by atoms with Crippen LogP contribution in [0.15, 0.2) is 16.7 Å². The van der Waals surface area contributed by atoms with Gasteiger partial charge in [0, 0.05) is 30.3 Å². The van der Waals surface area contributed by atoms with Gasteiger partial charge in [-0.3, -0.25) is 0 Å². The number of anilines is 1. The van der Waals surface area contributed by atoms with Crippen molar-refractivity contribution in [2.45, 2.75) is 19.8 Å². The molecule has 0 spiro atoms. The Kier molecular flexibility index (Phi) is 4.62. The van der Waals surface area contributed by atoms with Crippen LogP contribution < -0.4 is 4.90 Å². The van der Waals surface area contributed by atoms with Gasteiger partial charge in [0.15, 0.2) is 0 Å². The van der Waals surface area contributed by atoms with Gasteiger partial charge in [-0.1, -0.05) is 0 Å². The van der Waals surface area contributed by atoms with Crippen molar-refractivity contribution < 1.29 is 0 Å². The molecule has 0 bridgehead atoms. The molecule has 0 radical (unpaired) electrons. The predicted molar refractivity (Wildman–Crippen MR) is 80.2 cm³/mol. The standard InChI is InChI=1S/C14H22BrN3/c1-11-8-13(15)9-16-14(11)18-6-4-12(5-7-18)10-17(2)3/h8-9,12H,4-7,10H2,1-3H3. The second kappa shape index (κ2) is 6.02. The summed E-state index contributed by atoms with van der Waals surface area (Å²) in [6, 6.07) is 2.15. The molecule has 3 nitrogen and oxygen atoms in total. The van der Waals surface area contributed by atoms with Gasteiger partial charge in [0.2, 0.25) is 0 Å². The highest BCUT2D eigenvalue weighted by molar-refractivity contribution is 9.10. The first-order chi connectivity index (χ1) is 8.56. The lowest BCUT2D eigenvalue weighted by Crippen LogP contribution is -2.37. The van der Waals surface area contributed by atoms with E-state index in [9.17, 15) is 0 Å². The van der Waals surface area contributed by atoms with Gasteiger partial charge in [-0.15, -0.1) is 0 Å². The lowest BCUT2D eigenvalue weighted by Gasteiger charge is -2.34. The molecule has 0 N–H and O–H groups in total. The minimum Gasteiger partial charge on any atom is -0.356 e. The van der Waals surface area contributed by atoms with Gasteiger partial charge in [-0.2, -0.15) is 0 Å². The number of rotatable bonds is 3. The molecule has 0 unspecified atom stereocenters. The maximum absolute atomic E-state index is 4.56. The highest BCUT2D eigenvalue weighted by Gasteiger charge is 2.21. The van der Waals surface area contributed by atoms with Crippen molar-refractivity contribution in [1.82, 2.24) is 9.88 Å². The second-order valence-corrected chi connectivity index (χ2v) is 6.40. The van der Waals surface area contributed by atoms with Crippen LogP contribution in [-0.4, -0.2) is 43.6 Å². The molecule has 18 heavy (non-hydrogen) atoms. The maximum atomic E-state index is 4.56. The summed E-state index contributed by atoms with van der Waals surface area (Å²) in [5.41, 5.74) is 1.26. The summed E-state index contributed by atoms with van der Waals surface area (Å²) in [6.45, 7) is 5.61. The van der Waals surface area contributed by atoms with E-state index in [4.69, 9.17) is 0 Å². The summed E-state index contributed by atoms with van der Waals surface area (Å²) in [4.78, 5) is 9.28. The van der Waals surface area contributed by atoms with Gasteiger partial charge in [0.1, 0.15) is 5.82 Å². The molecule has 100 valence electrons. The molecule has 0 amide bonds. The van der Waals surface area contributed by atoms with Crippen LogP contribution in [0.1, 0.15) is 18.4 Å². The molecule has 0 aliphatic carbocycles. The summed E-state index contributed by atoms with van der Waals surface area (Å²) in [5, 5.41) is 0. The Bertz CT molecular complexity index is 398. The molecule has 0 aromatic carbocycles. The SMILES string of the molecule is Cc1cc(Br)cnc1N1CCC(CN(C)C)CC1. The second-order valence-electron chi connectivity index (χ2n) is 5.49. The molecule has 0 atom stereocenters. The fourth-order valence-corrected chi connectivity index (χ4v) is 3.15. The third kappa shape index (κ3) is 3.45. The van der Waals surface area contributed by atoms with Gasteiger partial charge in [0.05, 0.1) is 0 Å². The molecule has 1 saturated heterocycles. The van der Waals surface area contributed by atoms with Crippen LogP contribution in [0, 0.1) is 12.8 Å². The van der Waals surface area contributed by atoms with E-state index in [0.717, 1.165) is 29.3 Å². The van der Waals surface area contributed by atoms with Gasteiger partial charge in [-0.25, -0.2) is 4.98 Å². The number of aromatic nitrogens is 1. The zero-order valence-electron chi connectivity index (χ0n) is 11.5. The number of piperidine rings is 1. The van der Waals surface area contributed by atoms with E-state index >= 15 is 0 Å². The first-order valence-corrected chi connectivity index (χ1v) is 7.37. The Labute approximate surface area is 118 Å². The third-order valence-corrected chi connectivity index (χ3v) is 3.99. The Morgan fingerprint density at radius 3 is 2.61 bits per heavy atom. The van der Waals surface area contributed by atoms with Crippen molar-refractivity contribution >= 4 is 21.7 Å². The van der Waals surface area contributed by atoms with Crippen LogP contribution >= 0.6 is 15.9 Å². The first-order valence-electron chi connectivity index (χ1n) is 6.58. The molecule has 2 heterocycles. The van der Waals surface area contributed by atoms with E-state index < -0.39 is 0 Å². The van der Waals surface area contributed by atoms with E-state index in [1.165, 1.54) is 24.9 Å². The third-order valence-electron chi connectivity index (χ3n) is 3.55. The molecule has 1 aromatic rings. The first kappa shape index (κ1) is 13.8. The maximum Gasteiger partial charge on any atom is 0.131 e. The van der Waals surface area contributed by atoms with Crippen LogP contribution in [-0.2, 0) is 0 Å². The van der Waals surface area contributed by atoms with Gasteiger partial charge < -0.3 is 9.80 Å². The molecule has 1 aliphatic rings. The summed E-state index contributed by atoms with van der Waals surface area (Å²) in [5.74, 6) is 1.99. The van der Waals surface area contributed by atoms with Crippen molar-refractivity contribution in [3.63, 3.8) is 0 Å². The molecular weight excluding hydrogens is 290 g/mol. The fraction of sp³-hybridized carbons (Fsp3) is 0.643. The summed E-state index contributed by atoms with van der Waals surface area (Å²) >= 11 is 3.47.